The first-order valence-corrected chi connectivity index (χ1v) is 9.97. The second-order valence-electron chi connectivity index (χ2n) is 4.97. The zero-order chi connectivity index (χ0) is 18.6. The van der Waals surface area contributed by atoms with Gasteiger partial charge in [0.15, 0.2) is 4.34 Å². The number of anilines is 1. The topological polar surface area (TPSA) is 59.9 Å². The Morgan fingerprint density at radius 1 is 1.23 bits per heavy atom. The van der Waals surface area contributed by atoms with Crippen molar-refractivity contribution >= 4 is 39.6 Å². The van der Waals surface area contributed by atoms with Gasteiger partial charge in [0, 0.05) is 11.1 Å². The van der Waals surface area contributed by atoms with Crippen LogP contribution < -0.4 is 10.1 Å². The summed E-state index contributed by atoms with van der Waals surface area (Å²) >= 11 is 3.98. The lowest BCUT2D eigenvalue weighted by atomic mass is 10.2. The Kier molecular flexibility index (Phi) is 5.99. The van der Waals surface area contributed by atoms with Crippen LogP contribution in [-0.4, -0.2) is 35.0 Å². The molecule has 0 aliphatic heterocycles. The van der Waals surface area contributed by atoms with Gasteiger partial charge in [-0.2, -0.15) is 13.2 Å². The Morgan fingerprint density at radius 2 is 2.04 bits per heavy atom. The van der Waals surface area contributed by atoms with E-state index in [4.69, 9.17) is 4.74 Å². The SMILES string of the molecule is COc1ccccc1-c1nc(CSc2nnc(NCC(F)(F)F)s2)cs1. The minimum Gasteiger partial charge on any atom is -0.496 e. The van der Waals surface area contributed by atoms with Crippen LogP contribution in [0.1, 0.15) is 5.69 Å². The minimum atomic E-state index is -4.28. The minimum absolute atomic E-state index is 0.151. The van der Waals surface area contributed by atoms with E-state index < -0.39 is 12.7 Å². The van der Waals surface area contributed by atoms with Gasteiger partial charge in [-0.15, -0.1) is 21.5 Å². The average molecular weight is 418 g/mol. The molecule has 0 radical (unpaired) electrons. The molecule has 0 aliphatic carbocycles. The Bertz CT molecular complexity index is 866. The molecule has 26 heavy (non-hydrogen) atoms. The molecule has 0 spiro atoms. The summed E-state index contributed by atoms with van der Waals surface area (Å²) in [5, 5.41) is 12.8. The van der Waals surface area contributed by atoms with E-state index in [2.05, 4.69) is 20.5 Å². The van der Waals surface area contributed by atoms with Crippen LogP contribution in [0.15, 0.2) is 34.0 Å². The Hall–Kier alpha value is -1.85. The third-order valence-corrected chi connectivity index (χ3v) is 6.05. The highest BCUT2D eigenvalue weighted by Gasteiger charge is 2.27. The number of alkyl halides is 3. The first-order chi connectivity index (χ1) is 12.4. The molecular formula is C15H13F3N4OS3. The van der Waals surface area contributed by atoms with Gasteiger partial charge in [0.05, 0.1) is 18.4 Å². The first-order valence-electron chi connectivity index (χ1n) is 7.29. The molecule has 3 rings (SSSR count). The van der Waals surface area contributed by atoms with E-state index >= 15 is 0 Å². The normalized spacial score (nSPS) is 11.5. The fraction of sp³-hybridized carbons (Fsp3) is 0.267. The van der Waals surface area contributed by atoms with Crippen molar-refractivity contribution in [2.75, 3.05) is 19.0 Å². The molecule has 0 saturated heterocycles. The molecule has 0 fully saturated rings. The van der Waals surface area contributed by atoms with Crippen LogP contribution in [-0.2, 0) is 5.75 Å². The monoisotopic (exact) mass is 418 g/mol. The van der Waals surface area contributed by atoms with Gasteiger partial charge in [-0.3, -0.25) is 0 Å². The molecule has 11 heteroatoms. The molecule has 0 atom stereocenters. The molecule has 138 valence electrons. The highest BCUT2D eigenvalue weighted by Crippen LogP contribution is 2.34. The lowest BCUT2D eigenvalue weighted by Gasteiger charge is -2.05. The summed E-state index contributed by atoms with van der Waals surface area (Å²) in [6.45, 7) is -1.12. The van der Waals surface area contributed by atoms with E-state index in [9.17, 15) is 13.2 Å². The maximum atomic E-state index is 12.2. The maximum Gasteiger partial charge on any atom is 0.405 e. The fourth-order valence-electron chi connectivity index (χ4n) is 1.97. The highest BCUT2D eigenvalue weighted by molar-refractivity contribution is 8.00. The van der Waals surface area contributed by atoms with Gasteiger partial charge in [-0.1, -0.05) is 35.2 Å². The van der Waals surface area contributed by atoms with Crippen molar-refractivity contribution in [3.63, 3.8) is 0 Å². The zero-order valence-corrected chi connectivity index (χ0v) is 15.9. The number of rotatable bonds is 7. The van der Waals surface area contributed by atoms with Crippen molar-refractivity contribution in [3.05, 3.63) is 35.3 Å². The zero-order valence-electron chi connectivity index (χ0n) is 13.4. The lowest BCUT2D eigenvalue weighted by molar-refractivity contribution is -0.115. The van der Waals surface area contributed by atoms with E-state index in [0.717, 1.165) is 33.4 Å². The van der Waals surface area contributed by atoms with Crippen molar-refractivity contribution in [1.82, 2.24) is 15.2 Å². The van der Waals surface area contributed by atoms with Gasteiger partial charge in [0.2, 0.25) is 5.13 Å². The molecular weight excluding hydrogens is 405 g/mol. The number of hydrogen-bond acceptors (Lipinski definition) is 8. The van der Waals surface area contributed by atoms with E-state index in [-0.39, 0.29) is 5.13 Å². The predicted molar refractivity (Wildman–Crippen MR) is 98.1 cm³/mol. The molecule has 1 N–H and O–H groups in total. The van der Waals surface area contributed by atoms with Crippen LogP contribution in [0.25, 0.3) is 10.6 Å². The number of benzene rings is 1. The number of ether oxygens (including phenoxy) is 1. The summed E-state index contributed by atoms with van der Waals surface area (Å²) < 4.78 is 42.5. The van der Waals surface area contributed by atoms with Gasteiger partial charge in [-0.05, 0) is 12.1 Å². The number of methoxy groups -OCH3 is 1. The van der Waals surface area contributed by atoms with Crippen LogP contribution in [0, 0.1) is 0 Å². The summed E-state index contributed by atoms with van der Waals surface area (Å²) in [6.07, 6.45) is -4.28. The van der Waals surface area contributed by atoms with E-state index in [1.54, 1.807) is 7.11 Å². The quantitative estimate of drug-likeness (QED) is 0.549. The molecule has 1 aromatic carbocycles. The summed E-state index contributed by atoms with van der Waals surface area (Å²) in [4.78, 5) is 4.59. The molecule has 3 aromatic rings. The molecule has 0 saturated carbocycles. The number of thioether (sulfide) groups is 1. The molecule has 2 heterocycles. The fourth-order valence-corrected chi connectivity index (χ4v) is 4.56. The third kappa shape index (κ3) is 5.08. The lowest BCUT2D eigenvalue weighted by Crippen LogP contribution is -2.21. The Morgan fingerprint density at radius 3 is 2.81 bits per heavy atom. The van der Waals surface area contributed by atoms with Crippen LogP contribution in [0.5, 0.6) is 5.75 Å². The van der Waals surface area contributed by atoms with E-state index in [0.29, 0.717) is 10.1 Å². The number of hydrogen-bond donors (Lipinski definition) is 1. The van der Waals surface area contributed by atoms with Crippen LogP contribution in [0.4, 0.5) is 18.3 Å². The first kappa shape index (κ1) is 18.9. The predicted octanol–water partition coefficient (Wildman–Crippen LogP) is 4.94. The summed E-state index contributed by atoms with van der Waals surface area (Å²) in [7, 11) is 1.61. The Balaban J connectivity index is 1.59. The van der Waals surface area contributed by atoms with Crippen molar-refractivity contribution in [1.29, 1.82) is 0 Å². The average Bonchev–Trinajstić information content (AvgIpc) is 3.27. The van der Waals surface area contributed by atoms with Gasteiger partial charge in [0.25, 0.3) is 0 Å². The van der Waals surface area contributed by atoms with Crippen molar-refractivity contribution in [2.24, 2.45) is 0 Å². The molecule has 2 aromatic heterocycles. The Labute approximate surface area is 159 Å². The number of halogens is 3. The molecule has 0 aliphatic rings. The summed E-state index contributed by atoms with van der Waals surface area (Å²) in [6, 6.07) is 7.64. The molecule has 5 nitrogen and oxygen atoms in total. The van der Waals surface area contributed by atoms with Crippen LogP contribution >= 0.6 is 34.4 Å². The van der Waals surface area contributed by atoms with Crippen LogP contribution in [0.2, 0.25) is 0 Å². The molecule has 0 amide bonds. The number of nitrogens with zero attached hydrogens (tertiary/aromatic N) is 3. The third-order valence-electron chi connectivity index (χ3n) is 3.08. The van der Waals surface area contributed by atoms with Gasteiger partial charge in [0.1, 0.15) is 17.3 Å². The second-order valence-corrected chi connectivity index (χ2v) is 8.03. The summed E-state index contributed by atoms with van der Waals surface area (Å²) in [5.74, 6) is 1.31. The molecule has 0 bridgehead atoms. The highest BCUT2D eigenvalue weighted by atomic mass is 32.2. The van der Waals surface area contributed by atoms with Gasteiger partial charge >= 0.3 is 6.18 Å². The maximum absolute atomic E-state index is 12.2. The standard InChI is InChI=1S/C15H13F3N4OS3/c1-23-11-5-3-2-4-10(11)12-20-9(6-24-12)7-25-14-22-21-13(26-14)19-8-15(16,17)18/h2-6H,7-8H2,1H3,(H,19,21). The summed E-state index contributed by atoms with van der Waals surface area (Å²) in [5.41, 5.74) is 1.78. The number of para-hydroxylation sites is 1. The number of nitrogens with one attached hydrogen (secondary N) is 1. The van der Waals surface area contributed by atoms with Crippen LogP contribution in [0.3, 0.4) is 0 Å². The van der Waals surface area contributed by atoms with Gasteiger partial charge < -0.3 is 10.1 Å². The number of thiazole rings is 1. The van der Waals surface area contributed by atoms with E-state index in [1.165, 1.54) is 23.1 Å². The molecule has 0 unspecified atom stereocenters. The van der Waals surface area contributed by atoms with E-state index in [1.807, 2.05) is 29.6 Å². The second kappa shape index (κ2) is 8.23. The van der Waals surface area contributed by atoms with Gasteiger partial charge in [-0.25, -0.2) is 4.98 Å². The van der Waals surface area contributed by atoms with Crippen molar-refractivity contribution in [3.8, 4) is 16.3 Å². The van der Waals surface area contributed by atoms with Crippen molar-refractivity contribution in [2.45, 2.75) is 16.3 Å². The smallest absolute Gasteiger partial charge is 0.405 e. The van der Waals surface area contributed by atoms with Crippen molar-refractivity contribution < 1.29 is 17.9 Å². The largest absolute Gasteiger partial charge is 0.496 e. The number of aromatic nitrogens is 3.